The van der Waals surface area contributed by atoms with Gasteiger partial charge < -0.3 is 10.4 Å². The zero-order chi connectivity index (χ0) is 18.7. The Labute approximate surface area is 151 Å². The molecule has 136 valence electrons. The lowest BCUT2D eigenvalue weighted by molar-refractivity contribution is 0.0701. The van der Waals surface area contributed by atoms with Gasteiger partial charge in [-0.3, -0.25) is 9.48 Å². The van der Waals surface area contributed by atoms with Crippen LogP contribution < -0.4 is 5.32 Å². The first-order chi connectivity index (χ1) is 11.7. The van der Waals surface area contributed by atoms with Gasteiger partial charge in [-0.1, -0.05) is 20.8 Å². The van der Waals surface area contributed by atoms with Crippen LogP contribution in [0.3, 0.4) is 0 Å². The molecule has 0 aliphatic carbocycles. The van der Waals surface area contributed by atoms with Gasteiger partial charge in [0, 0.05) is 6.54 Å². The lowest BCUT2D eigenvalue weighted by Crippen LogP contribution is -2.27. The number of nitrogens with zero attached hydrogens (tertiary/aromatic N) is 3. The lowest BCUT2D eigenvalue weighted by atomic mass is 10.1. The number of carbonyl (C=O) groups excluding carboxylic acids is 1. The standard InChI is InChI=1S/C17H24N4O3S/c1-6-13-12(7-18-21(13)8-9(2)3)15(22)19-11(5)16-20-10(4)14(25-16)17(23)24/h7,9,11H,6,8H2,1-5H3,(H,19,22)(H,23,24). The molecule has 0 aliphatic rings. The molecule has 25 heavy (non-hydrogen) atoms. The van der Waals surface area contributed by atoms with E-state index in [1.165, 1.54) is 0 Å². The molecule has 1 unspecified atom stereocenters. The fourth-order valence-electron chi connectivity index (χ4n) is 2.61. The Morgan fingerprint density at radius 1 is 1.36 bits per heavy atom. The van der Waals surface area contributed by atoms with Crippen LogP contribution in [0.5, 0.6) is 0 Å². The van der Waals surface area contributed by atoms with Crippen molar-refractivity contribution in [2.75, 3.05) is 0 Å². The number of rotatable bonds is 7. The molecule has 0 aromatic carbocycles. The summed E-state index contributed by atoms with van der Waals surface area (Å²) in [4.78, 5) is 28.2. The van der Waals surface area contributed by atoms with Crippen molar-refractivity contribution in [3.63, 3.8) is 0 Å². The second-order valence-electron chi connectivity index (χ2n) is 6.40. The molecule has 0 fully saturated rings. The number of thiazole rings is 1. The molecule has 0 aliphatic heterocycles. The highest BCUT2D eigenvalue weighted by Crippen LogP contribution is 2.24. The maximum Gasteiger partial charge on any atom is 0.347 e. The van der Waals surface area contributed by atoms with E-state index in [-0.39, 0.29) is 16.8 Å². The van der Waals surface area contributed by atoms with Gasteiger partial charge in [-0.25, -0.2) is 9.78 Å². The SMILES string of the molecule is CCc1c(C(=O)NC(C)c2nc(C)c(C(=O)O)s2)cnn1CC(C)C. The van der Waals surface area contributed by atoms with E-state index < -0.39 is 5.97 Å². The fourth-order valence-corrected chi connectivity index (χ4v) is 3.52. The highest BCUT2D eigenvalue weighted by molar-refractivity contribution is 7.13. The average molecular weight is 364 g/mol. The molecule has 2 aromatic rings. The second kappa shape index (κ2) is 7.77. The normalized spacial score (nSPS) is 12.4. The zero-order valence-corrected chi connectivity index (χ0v) is 16.0. The summed E-state index contributed by atoms with van der Waals surface area (Å²) in [7, 11) is 0. The summed E-state index contributed by atoms with van der Waals surface area (Å²) in [5.41, 5.74) is 1.93. The zero-order valence-electron chi connectivity index (χ0n) is 15.2. The van der Waals surface area contributed by atoms with Crippen molar-refractivity contribution in [2.24, 2.45) is 5.92 Å². The molecule has 8 heteroatoms. The van der Waals surface area contributed by atoms with E-state index in [9.17, 15) is 9.59 Å². The summed E-state index contributed by atoms with van der Waals surface area (Å²) in [6, 6.07) is -0.373. The van der Waals surface area contributed by atoms with Crippen molar-refractivity contribution in [1.82, 2.24) is 20.1 Å². The van der Waals surface area contributed by atoms with Gasteiger partial charge in [-0.2, -0.15) is 5.10 Å². The van der Waals surface area contributed by atoms with Gasteiger partial charge in [-0.05, 0) is 26.2 Å². The van der Waals surface area contributed by atoms with Gasteiger partial charge in [0.2, 0.25) is 0 Å². The van der Waals surface area contributed by atoms with Gasteiger partial charge in [-0.15, -0.1) is 11.3 Å². The summed E-state index contributed by atoms with van der Waals surface area (Å²) in [6.45, 7) is 10.4. The number of aryl methyl sites for hydroxylation is 1. The molecule has 1 amide bonds. The van der Waals surface area contributed by atoms with Gasteiger partial charge >= 0.3 is 5.97 Å². The minimum atomic E-state index is -0.997. The first kappa shape index (κ1) is 19.1. The van der Waals surface area contributed by atoms with Crippen molar-refractivity contribution >= 4 is 23.2 Å². The van der Waals surface area contributed by atoms with Gasteiger partial charge in [0.1, 0.15) is 9.88 Å². The highest BCUT2D eigenvalue weighted by atomic mass is 32.1. The maximum atomic E-state index is 12.6. The van der Waals surface area contributed by atoms with E-state index in [0.29, 0.717) is 28.6 Å². The molecule has 7 nitrogen and oxygen atoms in total. The molecule has 2 aromatic heterocycles. The summed E-state index contributed by atoms with van der Waals surface area (Å²) < 4.78 is 1.88. The number of carboxylic acids is 1. The topological polar surface area (TPSA) is 97.1 Å². The molecule has 0 bridgehead atoms. The quantitative estimate of drug-likeness (QED) is 0.787. The van der Waals surface area contributed by atoms with E-state index in [1.807, 2.05) is 11.6 Å². The first-order valence-electron chi connectivity index (χ1n) is 8.30. The monoisotopic (exact) mass is 364 g/mol. The van der Waals surface area contributed by atoms with Crippen LogP contribution in [0.1, 0.15) is 70.2 Å². The Morgan fingerprint density at radius 2 is 2.04 bits per heavy atom. The van der Waals surface area contributed by atoms with Gasteiger partial charge in [0.15, 0.2) is 0 Å². The third kappa shape index (κ3) is 4.25. The van der Waals surface area contributed by atoms with Crippen LogP contribution in [0, 0.1) is 12.8 Å². The maximum absolute atomic E-state index is 12.6. The van der Waals surface area contributed by atoms with E-state index in [1.54, 1.807) is 20.0 Å². The minimum Gasteiger partial charge on any atom is -0.477 e. The predicted molar refractivity (Wildman–Crippen MR) is 96.1 cm³/mol. The van der Waals surface area contributed by atoms with Crippen molar-refractivity contribution < 1.29 is 14.7 Å². The average Bonchev–Trinajstić information content (AvgIpc) is 3.10. The van der Waals surface area contributed by atoms with Crippen molar-refractivity contribution in [1.29, 1.82) is 0 Å². The van der Waals surface area contributed by atoms with Gasteiger partial charge in [0.05, 0.1) is 29.2 Å². The fraction of sp³-hybridized carbons (Fsp3) is 0.529. The highest BCUT2D eigenvalue weighted by Gasteiger charge is 2.22. The largest absolute Gasteiger partial charge is 0.477 e. The van der Waals surface area contributed by atoms with E-state index in [0.717, 1.165) is 23.6 Å². The minimum absolute atomic E-state index is 0.204. The number of hydrogen-bond donors (Lipinski definition) is 2. The third-order valence-corrected chi connectivity index (χ3v) is 5.12. The molecule has 2 heterocycles. The Hall–Kier alpha value is -2.22. The number of aromatic carboxylic acids is 1. The second-order valence-corrected chi connectivity index (χ2v) is 7.43. The number of aromatic nitrogens is 3. The van der Waals surface area contributed by atoms with Crippen LogP contribution in [0.15, 0.2) is 6.20 Å². The van der Waals surface area contributed by atoms with Crippen molar-refractivity contribution in [3.8, 4) is 0 Å². The summed E-state index contributed by atoms with van der Waals surface area (Å²) in [5.74, 6) is -0.778. The molecule has 0 spiro atoms. The first-order valence-corrected chi connectivity index (χ1v) is 9.12. The summed E-state index contributed by atoms with van der Waals surface area (Å²) in [5, 5.41) is 16.9. The van der Waals surface area contributed by atoms with Crippen LogP contribution in [-0.4, -0.2) is 31.7 Å². The number of hydrogen-bond acceptors (Lipinski definition) is 5. The molecule has 1 atom stereocenters. The van der Waals surface area contributed by atoms with E-state index in [2.05, 4.69) is 29.2 Å². The number of carboxylic acid groups (broad SMARTS) is 1. The summed E-state index contributed by atoms with van der Waals surface area (Å²) >= 11 is 1.09. The van der Waals surface area contributed by atoms with Crippen LogP contribution in [0.25, 0.3) is 0 Å². The molecule has 0 radical (unpaired) electrons. The Balaban J connectivity index is 2.18. The van der Waals surface area contributed by atoms with Gasteiger partial charge in [0.25, 0.3) is 5.91 Å². The molecular formula is C17H24N4O3S. The van der Waals surface area contributed by atoms with E-state index in [4.69, 9.17) is 5.11 Å². The van der Waals surface area contributed by atoms with Crippen LogP contribution in [-0.2, 0) is 13.0 Å². The molecular weight excluding hydrogens is 340 g/mol. The van der Waals surface area contributed by atoms with E-state index >= 15 is 0 Å². The number of nitrogens with one attached hydrogen (secondary N) is 1. The Kier molecular flexibility index (Phi) is 5.94. The van der Waals surface area contributed by atoms with Crippen molar-refractivity contribution in [2.45, 2.75) is 53.6 Å². The molecule has 0 saturated heterocycles. The summed E-state index contributed by atoms with van der Waals surface area (Å²) in [6.07, 6.45) is 2.31. The number of amides is 1. The van der Waals surface area contributed by atoms with Crippen LogP contribution >= 0.6 is 11.3 Å². The lowest BCUT2D eigenvalue weighted by Gasteiger charge is -2.13. The molecule has 2 rings (SSSR count). The van der Waals surface area contributed by atoms with Crippen molar-refractivity contribution in [3.05, 3.63) is 33.0 Å². The van der Waals surface area contributed by atoms with Crippen LogP contribution in [0.2, 0.25) is 0 Å². The molecule has 0 saturated carbocycles. The third-order valence-electron chi connectivity index (χ3n) is 3.79. The smallest absolute Gasteiger partial charge is 0.347 e. The van der Waals surface area contributed by atoms with Crippen LogP contribution in [0.4, 0.5) is 0 Å². The predicted octanol–water partition coefficient (Wildman–Crippen LogP) is 3.06. The molecule has 2 N–H and O–H groups in total. The Morgan fingerprint density at radius 3 is 2.56 bits per heavy atom. The number of carbonyl (C=O) groups is 2. The Bertz CT molecular complexity index is 779.